The summed E-state index contributed by atoms with van der Waals surface area (Å²) in [6.07, 6.45) is 3.82. The molecule has 0 bridgehead atoms. The Hall–Kier alpha value is -1.92. The van der Waals surface area contributed by atoms with Gasteiger partial charge in [-0.3, -0.25) is 0 Å². The van der Waals surface area contributed by atoms with E-state index in [-0.39, 0.29) is 6.09 Å². The van der Waals surface area contributed by atoms with Crippen molar-refractivity contribution in [2.45, 2.75) is 39.2 Å². The summed E-state index contributed by atoms with van der Waals surface area (Å²) >= 11 is 0. The first-order chi connectivity index (χ1) is 10.3. The Morgan fingerprint density at radius 3 is 2.50 bits per heavy atom. The maximum absolute atomic E-state index is 12.7. The fraction of sp³-hybridized carbons (Fsp3) is 0.667. The van der Waals surface area contributed by atoms with E-state index in [4.69, 9.17) is 4.74 Å². The summed E-state index contributed by atoms with van der Waals surface area (Å²) in [6.45, 7) is 7.68. The number of aromatic nitrogens is 2. The number of rotatable bonds is 3. The average molecular weight is 310 g/mol. The second-order valence-electron chi connectivity index (χ2n) is 6.52. The van der Waals surface area contributed by atoms with E-state index in [0.29, 0.717) is 31.5 Å². The maximum atomic E-state index is 12.7. The van der Waals surface area contributed by atoms with Crippen LogP contribution in [0.5, 0.6) is 0 Å². The van der Waals surface area contributed by atoms with Crippen LogP contribution in [-0.2, 0) is 4.74 Å². The van der Waals surface area contributed by atoms with Gasteiger partial charge in [0, 0.05) is 19.6 Å². The Balaban J connectivity index is 1.73. The molecule has 1 amide bonds. The SMILES string of the molecule is CC(C)(C)OC(=O)N1CCC(CNc2ncc(F)cn2)CC1. The highest BCUT2D eigenvalue weighted by Crippen LogP contribution is 2.19. The minimum absolute atomic E-state index is 0.249. The van der Waals surface area contributed by atoms with Gasteiger partial charge in [-0.2, -0.15) is 0 Å². The second kappa shape index (κ2) is 6.89. The van der Waals surface area contributed by atoms with Crippen LogP contribution in [0.4, 0.5) is 15.1 Å². The monoisotopic (exact) mass is 310 g/mol. The lowest BCUT2D eigenvalue weighted by Crippen LogP contribution is -2.42. The van der Waals surface area contributed by atoms with Crippen molar-refractivity contribution in [3.63, 3.8) is 0 Å². The molecule has 1 N–H and O–H groups in total. The number of piperidine rings is 1. The van der Waals surface area contributed by atoms with Crippen LogP contribution in [0.3, 0.4) is 0 Å². The summed E-state index contributed by atoms with van der Waals surface area (Å²) in [5.74, 6) is 0.416. The van der Waals surface area contributed by atoms with Crippen LogP contribution in [0.1, 0.15) is 33.6 Å². The van der Waals surface area contributed by atoms with Gasteiger partial charge in [-0.1, -0.05) is 0 Å². The van der Waals surface area contributed by atoms with E-state index in [9.17, 15) is 9.18 Å². The van der Waals surface area contributed by atoms with Crippen molar-refractivity contribution < 1.29 is 13.9 Å². The van der Waals surface area contributed by atoms with Gasteiger partial charge in [-0.05, 0) is 39.5 Å². The van der Waals surface area contributed by atoms with Gasteiger partial charge in [-0.15, -0.1) is 0 Å². The van der Waals surface area contributed by atoms with Crippen molar-refractivity contribution in [1.82, 2.24) is 14.9 Å². The number of anilines is 1. The topological polar surface area (TPSA) is 67.3 Å². The fourth-order valence-electron chi connectivity index (χ4n) is 2.29. The molecule has 2 rings (SSSR count). The molecule has 1 aliphatic heterocycles. The number of carbonyl (C=O) groups is 1. The molecule has 0 atom stereocenters. The molecule has 2 heterocycles. The molecule has 22 heavy (non-hydrogen) atoms. The van der Waals surface area contributed by atoms with Crippen molar-refractivity contribution in [3.05, 3.63) is 18.2 Å². The highest BCUT2D eigenvalue weighted by molar-refractivity contribution is 5.68. The molecule has 6 nitrogen and oxygen atoms in total. The molecule has 1 aliphatic rings. The maximum Gasteiger partial charge on any atom is 0.410 e. The van der Waals surface area contributed by atoms with Gasteiger partial charge in [0.05, 0.1) is 12.4 Å². The Kier molecular flexibility index (Phi) is 5.15. The van der Waals surface area contributed by atoms with Crippen molar-refractivity contribution in [2.24, 2.45) is 5.92 Å². The number of ether oxygens (including phenoxy) is 1. The van der Waals surface area contributed by atoms with E-state index in [2.05, 4.69) is 15.3 Å². The molecule has 0 aliphatic carbocycles. The highest BCUT2D eigenvalue weighted by Gasteiger charge is 2.26. The van der Waals surface area contributed by atoms with Gasteiger partial charge in [0.15, 0.2) is 5.82 Å². The minimum atomic E-state index is -0.463. The first-order valence-corrected chi connectivity index (χ1v) is 7.53. The molecule has 122 valence electrons. The lowest BCUT2D eigenvalue weighted by atomic mass is 9.97. The molecule has 1 aromatic rings. The number of halogens is 1. The smallest absolute Gasteiger partial charge is 0.410 e. The summed E-state index contributed by atoms with van der Waals surface area (Å²) in [4.78, 5) is 21.4. The molecule has 1 fully saturated rings. The predicted octanol–water partition coefficient (Wildman–Crippen LogP) is 2.67. The van der Waals surface area contributed by atoms with Crippen LogP contribution >= 0.6 is 0 Å². The van der Waals surface area contributed by atoms with Crippen LogP contribution in [-0.4, -0.2) is 46.2 Å². The zero-order valence-corrected chi connectivity index (χ0v) is 13.3. The summed E-state index contributed by atoms with van der Waals surface area (Å²) in [5.41, 5.74) is -0.463. The molecular weight excluding hydrogens is 287 g/mol. The van der Waals surface area contributed by atoms with Crippen molar-refractivity contribution in [3.8, 4) is 0 Å². The van der Waals surface area contributed by atoms with Crippen LogP contribution in [0, 0.1) is 11.7 Å². The lowest BCUT2D eigenvalue weighted by molar-refractivity contribution is 0.0188. The number of carbonyl (C=O) groups excluding carboxylic acids is 1. The van der Waals surface area contributed by atoms with Crippen LogP contribution in [0.25, 0.3) is 0 Å². The van der Waals surface area contributed by atoms with Crippen molar-refractivity contribution >= 4 is 12.0 Å². The normalized spacial score (nSPS) is 16.5. The predicted molar refractivity (Wildman–Crippen MR) is 81.0 cm³/mol. The molecule has 1 saturated heterocycles. The molecular formula is C15H23FN4O2. The van der Waals surface area contributed by atoms with Gasteiger partial charge in [0.25, 0.3) is 0 Å². The molecule has 0 aromatic carbocycles. The van der Waals surface area contributed by atoms with Crippen LogP contribution in [0.15, 0.2) is 12.4 Å². The molecule has 0 radical (unpaired) electrons. The zero-order valence-electron chi connectivity index (χ0n) is 13.3. The third-order valence-corrected chi connectivity index (χ3v) is 3.44. The number of amides is 1. The lowest BCUT2D eigenvalue weighted by Gasteiger charge is -2.33. The van der Waals surface area contributed by atoms with E-state index in [0.717, 1.165) is 25.2 Å². The summed E-state index contributed by atoms with van der Waals surface area (Å²) in [6, 6.07) is 0. The van der Waals surface area contributed by atoms with Gasteiger partial charge in [0.1, 0.15) is 5.60 Å². The first kappa shape index (κ1) is 16.5. The first-order valence-electron chi connectivity index (χ1n) is 7.53. The van der Waals surface area contributed by atoms with Crippen molar-refractivity contribution in [1.29, 1.82) is 0 Å². The molecule has 7 heteroatoms. The Morgan fingerprint density at radius 1 is 1.36 bits per heavy atom. The largest absolute Gasteiger partial charge is 0.444 e. The number of hydrogen-bond donors (Lipinski definition) is 1. The molecule has 0 spiro atoms. The summed E-state index contributed by atoms with van der Waals surface area (Å²) in [7, 11) is 0. The van der Waals surface area contributed by atoms with Crippen molar-refractivity contribution in [2.75, 3.05) is 25.0 Å². The summed E-state index contributed by atoms with van der Waals surface area (Å²) < 4.78 is 18.1. The van der Waals surface area contributed by atoms with Gasteiger partial charge < -0.3 is 15.0 Å². The van der Waals surface area contributed by atoms with Gasteiger partial charge >= 0.3 is 6.09 Å². The number of likely N-dealkylation sites (tertiary alicyclic amines) is 1. The minimum Gasteiger partial charge on any atom is -0.444 e. The summed E-state index contributed by atoms with van der Waals surface area (Å²) in [5, 5.41) is 3.10. The van der Waals surface area contributed by atoms with E-state index in [1.54, 1.807) is 4.90 Å². The van der Waals surface area contributed by atoms with E-state index in [1.165, 1.54) is 0 Å². The third-order valence-electron chi connectivity index (χ3n) is 3.44. The number of nitrogens with one attached hydrogen (secondary N) is 1. The standard InChI is InChI=1S/C15H23FN4O2/c1-15(2,3)22-14(21)20-6-4-11(5-7-20)8-17-13-18-9-12(16)10-19-13/h9-11H,4-8H2,1-3H3,(H,17,18,19). The Bertz CT molecular complexity index is 493. The van der Waals surface area contributed by atoms with Crippen LogP contribution < -0.4 is 5.32 Å². The third kappa shape index (κ3) is 5.13. The van der Waals surface area contributed by atoms with E-state index in [1.807, 2.05) is 20.8 Å². The van der Waals surface area contributed by atoms with E-state index < -0.39 is 11.4 Å². The fourth-order valence-corrected chi connectivity index (χ4v) is 2.29. The second-order valence-corrected chi connectivity index (χ2v) is 6.52. The van der Waals surface area contributed by atoms with Crippen LogP contribution in [0.2, 0.25) is 0 Å². The quantitative estimate of drug-likeness (QED) is 0.929. The Labute approximate surface area is 130 Å². The van der Waals surface area contributed by atoms with Gasteiger partial charge in [0.2, 0.25) is 5.95 Å². The zero-order chi connectivity index (χ0) is 16.2. The number of nitrogens with zero attached hydrogens (tertiary/aromatic N) is 3. The average Bonchev–Trinajstić information content (AvgIpc) is 2.45. The molecule has 0 unspecified atom stereocenters. The Morgan fingerprint density at radius 2 is 1.95 bits per heavy atom. The van der Waals surface area contributed by atoms with E-state index >= 15 is 0 Å². The van der Waals surface area contributed by atoms with Gasteiger partial charge in [-0.25, -0.2) is 19.2 Å². The highest BCUT2D eigenvalue weighted by atomic mass is 19.1. The molecule has 0 saturated carbocycles. The molecule has 1 aromatic heterocycles. The number of hydrogen-bond acceptors (Lipinski definition) is 5.